The van der Waals surface area contributed by atoms with Crippen molar-refractivity contribution in [3.05, 3.63) is 29.3 Å². The summed E-state index contributed by atoms with van der Waals surface area (Å²) in [6.45, 7) is 0. The summed E-state index contributed by atoms with van der Waals surface area (Å²) in [5.74, 6) is 0.149. The zero-order chi connectivity index (χ0) is 12.4. The molecule has 1 N–H and O–H groups in total. The summed E-state index contributed by atoms with van der Waals surface area (Å²) in [7, 11) is 3.56. The normalized spacial score (nSPS) is 16.3. The number of carbonyl (C=O) groups is 1. The Hall–Kier alpha value is -1.86. The fraction of sp³-hybridized carbons (Fsp3) is 0.385. The van der Waals surface area contributed by atoms with Crippen LogP contribution in [0.1, 0.15) is 23.6 Å². The number of nitrogens with zero attached hydrogens (tertiary/aromatic N) is 2. The number of carbonyl (C=O) groups excluding carboxylic acids is 1. The van der Waals surface area contributed by atoms with Crippen molar-refractivity contribution in [1.82, 2.24) is 5.32 Å². The number of fused-ring (bicyclic) bond motifs is 1. The number of nitrogens with one attached hydrogen (secondary N) is 1. The van der Waals surface area contributed by atoms with Gasteiger partial charge in [0.1, 0.15) is 6.04 Å². The summed E-state index contributed by atoms with van der Waals surface area (Å²) in [5.41, 5.74) is 3.05. The highest BCUT2D eigenvalue weighted by Gasteiger charge is 2.21. The zero-order valence-electron chi connectivity index (χ0n) is 10.0. The highest BCUT2D eigenvalue weighted by atomic mass is 16.2. The van der Waals surface area contributed by atoms with E-state index in [1.807, 2.05) is 18.2 Å². The van der Waals surface area contributed by atoms with Gasteiger partial charge in [-0.2, -0.15) is 5.26 Å². The van der Waals surface area contributed by atoms with Gasteiger partial charge in [0.2, 0.25) is 5.91 Å². The summed E-state index contributed by atoms with van der Waals surface area (Å²) in [6.07, 6.45) is 1.30. The smallest absolute Gasteiger partial charge is 0.227 e. The number of hydrogen-bond acceptors (Lipinski definition) is 3. The Balaban J connectivity index is 2.39. The Bertz CT molecular complexity index is 490. The second kappa shape index (κ2) is 4.56. The van der Waals surface area contributed by atoms with Crippen molar-refractivity contribution in [3.8, 4) is 6.07 Å². The van der Waals surface area contributed by atoms with Crippen LogP contribution in [-0.2, 0) is 11.2 Å². The Kier molecular flexibility index (Phi) is 3.12. The molecule has 0 fully saturated rings. The van der Waals surface area contributed by atoms with Gasteiger partial charge < -0.3 is 10.2 Å². The van der Waals surface area contributed by atoms with Crippen LogP contribution in [0.4, 0.5) is 5.69 Å². The number of nitriles is 1. The molecule has 0 saturated carbocycles. The molecule has 1 aliphatic heterocycles. The van der Waals surface area contributed by atoms with Crippen LogP contribution in [0.25, 0.3) is 0 Å². The summed E-state index contributed by atoms with van der Waals surface area (Å²) >= 11 is 0. The molecule has 1 aliphatic rings. The largest absolute Gasteiger partial charge is 0.315 e. The molecule has 0 bridgehead atoms. The Morgan fingerprint density at radius 1 is 1.47 bits per heavy atom. The molecule has 2 rings (SSSR count). The van der Waals surface area contributed by atoms with E-state index in [2.05, 4.69) is 11.4 Å². The Morgan fingerprint density at radius 3 is 2.88 bits per heavy atom. The topological polar surface area (TPSA) is 56.1 Å². The molecule has 0 aromatic heterocycles. The molecule has 0 spiro atoms. The number of anilines is 1. The summed E-state index contributed by atoms with van der Waals surface area (Å²) in [4.78, 5) is 13.2. The molecule has 0 saturated heterocycles. The van der Waals surface area contributed by atoms with Crippen molar-refractivity contribution in [1.29, 1.82) is 5.26 Å². The van der Waals surface area contributed by atoms with Gasteiger partial charge in [0, 0.05) is 19.2 Å². The van der Waals surface area contributed by atoms with E-state index in [0.29, 0.717) is 6.42 Å². The van der Waals surface area contributed by atoms with Crippen LogP contribution in [0.2, 0.25) is 0 Å². The summed E-state index contributed by atoms with van der Waals surface area (Å²) in [6, 6.07) is 7.75. The van der Waals surface area contributed by atoms with Crippen LogP contribution < -0.4 is 10.2 Å². The maximum Gasteiger partial charge on any atom is 0.227 e. The number of benzene rings is 1. The molecule has 1 amide bonds. The monoisotopic (exact) mass is 229 g/mol. The third kappa shape index (κ3) is 2.02. The highest BCUT2D eigenvalue weighted by molar-refractivity contribution is 5.95. The van der Waals surface area contributed by atoms with Crippen LogP contribution in [-0.4, -0.2) is 20.0 Å². The zero-order valence-corrected chi connectivity index (χ0v) is 10.0. The Labute approximate surface area is 101 Å². The lowest BCUT2D eigenvalue weighted by atomic mass is 9.97. The average Bonchev–Trinajstić information content (AvgIpc) is 2.35. The van der Waals surface area contributed by atoms with Crippen molar-refractivity contribution in [2.45, 2.75) is 18.9 Å². The van der Waals surface area contributed by atoms with E-state index in [-0.39, 0.29) is 11.9 Å². The van der Waals surface area contributed by atoms with E-state index in [9.17, 15) is 4.79 Å². The van der Waals surface area contributed by atoms with Gasteiger partial charge in [-0.1, -0.05) is 12.1 Å². The standard InChI is InChI=1S/C13H15N3O/c1-15-11(8-14)9-3-5-12-10(7-9)4-6-13(17)16(12)2/h3,5,7,11,15H,4,6H2,1-2H3. The van der Waals surface area contributed by atoms with Gasteiger partial charge in [-0.3, -0.25) is 4.79 Å². The molecule has 4 nitrogen and oxygen atoms in total. The molecule has 88 valence electrons. The van der Waals surface area contributed by atoms with Crippen molar-refractivity contribution in [3.63, 3.8) is 0 Å². The lowest BCUT2D eigenvalue weighted by molar-refractivity contribution is -0.118. The van der Waals surface area contributed by atoms with E-state index in [1.165, 1.54) is 0 Å². The molecule has 1 aromatic rings. The molecule has 1 atom stereocenters. The SMILES string of the molecule is CNC(C#N)c1ccc2c(c1)CCC(=O)N2C. The van der Waals surface area contributed by atoms with Gasteiger partial charge in [0.25, 0.3) is 0 Å². The second-order valence-electron chi connectivity index (χ2n) is 4.19. The predicted molar refractivity (Wildman–Crippen MR) is 65.6 cm³/mol. The Morgan fingerprint density at radius 2 is 2.24 bits per heavy atom. The van der Waals surface area contributed by atoms with E-state index >= 15 is 0 Å². The molecule has 1 heterocycles. The second-order valence-corrected chi connectivity index (χ2v) is 4.19. The lowest BCUT2D eigenvalue weighted by Gasteiger charge is -2.26. The van der Waals surface area contributed by atoms with Crippen LogP contribution in [0.15, 0.2) is 18.2 Å². The average molecular weight is 229 g/mol. The highest BCUT2D eigenvalue weighted by Crippen LogP contribution is 2.29. The fourth-order valence-corrected chi connectivity index (χ4v) is 2.16. The van der Waals surface area contributed by atoms with Crippen molar-refractivity contribution >= 4 is 11.6 Å². The van der Waals surface area contributed by atoms with Gasteiger partial charge in [0.15, 0.2) is 0 Å². The third-order valence-corrected chi connectivity index (χ3v) is 3.20. The van der Waals surface area contributed by atoms with Gasteiger partial charge in [0.05, 0.1) is 6.07 Å². The number of rotatable bonds is 2. The summed E-state index contributed by atoms with van der Waals surface area (Å²) in [5, 5.41) is 12.0. The van der Waals surface area contributed by atoms with Crippen molar-refractivity contribution in [2.24, 2.45) is 0 Å². The number of aryl methyl sites for hydroxylation is 1. The maximum absolute atomic E-state index is 11.5. The molecule has 0 radical (unpaired) electrons. The third-order valence-electron chi connectivity index (χ3n) is 3.20. The van der Waals surface area contributed by atoms with Crippen LogP contribution in [0, 0.1) is 11.3 Å². The molecule has 1 aromatic carbocycles. The fourth-order valence-electron chi connectivity index (χ4n) is 2.16. The molecule has 17 heavy (non-hydrogen) atoms. The van der Waals surface area contributed by atoms with Gasteiger partial charge >= 0.3 is 0 Å². The first-order valence-electron chi connectivity index (χ1n) is 5.63. The summed E-state index contributed by atoms with van der Waals surface area (Å²) < 4.78 is 0. The van der Waals surface area contributed by atoms with Crippen molar-refractivity contribution in [2.75, 3.05) is 19.0 Å². The molecule has 0 aliphatic carbocycles. The van der Waals surface area contributed by atoms with Crippen LogP contribution >= 0.6 is 0 Å². The minimum absolute atomic E-state index is 0.149. The molecular formula is C13H15N3O. The minimum Gasteiger partial charge on any atom is -0.315 e. The van der Waals surface area contributed by atoms with E-state index in [1.54, 1.807) is 19.0 Å². The van der Waals surface area contributed by atoms with Crippen LogP contribution in [0.5, 0.6) is 0 Å². The first-order chi connectivity index (χ1) is 8.17. The quantitative estimate of drug-likeness (QED) is 0.833. The molecule has 4 heteroatoms. The maximum atomic E-state index is 11.5. The van der Waals surface area contributed by atoms with Crippen LogP contribution in [0.3, 0.4) is 0 Å². The molecular weight excluding hydrogens is 214 g/mol. The van der Waals surface area contributed by atoms with E-state index in [4.69, 9.17) is 5.26 Å². The van der Waals surface area contributed by atoms with E-state index < -0.39 is 0 Å². The first kappa shape index (κ1) is 11.6. The number of hydrogen-bond donors (Lipinski definition) is 1. The minimum atomic E-state index is -0.289. The van der Waals surface area contributed by atoms with Gasteiger partial charge in [-0.05, 0) is 30.7 Å². The van der Waals surface area contributed by atoms with Gasteiger partial charge in [-0.25, -0.2) is 0 Å². The predicted octanol–water partition coefficient (Wildman–Crippen LogP) is 1.38. The number of amides is 1. The first-order valence-corrected chi connectivity index (χ1v) is 5.63. The van der Waals surface area contributed by atoms with Gasteiger partial charge in [-0.15, -0.1) is 0 Å². The lowest BCUT2D eigenvalue weighted by Crippen LogP contribution is -2.31. The molecule has 1 unspecified atom stereocenters. The van der Waals surface area contributed by atoms with Crippen molar-refractivity contribution < 1.29 is 4.79 Å². The van der Waals surface area contributed by atoms with E-state index in [0.717, 1.165) is 23.2 Å².